The first kappa shape index (κ1) is 5.19. The van der Waals surface area contributed by atoms with Gasteiger partial charge < -0.3 is 10.1 Å². The largest absolute Gasteiger partial charge is 0.497 e. The number of carbonyl (C=O) groups is 1. The van der Waals surface area contributed by atoms with Crippen LogP contribution >= 0.6 is 0 Å². The third-order valence-corrected chi connectivity index (χ3v) is 1.29. The maximum atomic E-state index is 10.7. The summed E-state index contributed by atoms with van der Waals surface area (Å²) in [6.07, 6.45) is 0. The van der Waals surface area contributed by atoms with E-state index in [9.17, 15) is 4.79 Å². The topological polar surface area (TPSA) is 38.3 Å². The van der Waals surface area contributed by atoms with Crippen molar-refractivity contribution in [3.63, 3.8) is 0 Å². The van der Waals surface area contributed by atoms with Gasteiger partial charge in [-0.1, -0.05) is 0 Å². The molecule has 12 heavy (non-hydrogen) atoms. The van der Waals surface area contributed by atoms with Gasteiger partial charge in [0.2, 0.25) is 5.91 Å². The minimum absolute atomic E-state index is 0.181. The average molecular weight is 168 g/mol. The van der Waals surface area contributed by atoms with Crippen LogP contribution in [0.15, 0.2) is 24.3 Å². The first-order valence-corrected chi connectivity index (χ1v) is 3.43. The predicted octanol–water partition coefficient (Wildman–Crippen LogP) is 1.65. The lowest BCUT2D eigenvalue weighted by Crippen LogP contribution is -2.05. The first-order chi connectivity index (χ1) is 6.87. The molecular formula is C9H11NO2. The van der Waals surface area contributed by atoms with Crippen LogP contribution in [0.3, 0.4) is 0 Å². The van der Waals surface area contributed by atoms with Crippen molar-refractivity contribution in [2.45, 2.75) is 6.92 Å². The second-order valence-electron chi connectivity index (χ2n) is 2.31. The van der Waals surface area contributed by atoms with E-state index in [1.807, 2.05) is 0 Å². The van der Waals surface area contributed by atoms with Gasteiger partial charge in [0.1, 0.15) is 5.75 Å². The molecule has 64 valence electrons. The summed E-state index contributed by atoms with van der Waals surface area (Å²) in [6, 6.07) is 6.11. The molecule has 0 atom stereocenters. The molecule has 1 rings (SSSR count). The van der Waals surface area contributed by atoms with E-state index >= 15 is 0 Å². The van der Waals surface area contributed by atoms with Crippen molar-refractivity contribution in [2.75, 3.05) is 12.4 Å². The number of nitrogens with one attached hydrogen (secondary N) is 1. The van der Waals surface area contributed by atoms with Crippen molar-refractivity contribution in [3.8, 4) is 5.75 Å². The number of carbonyl (C=O) groups excluding carboxylic acids is 1. The second kappa shape index (κ2) is 3.76. The summed E-state index contributed by atoms with van der Waals surface area (Å²) < 4.78 is 25.3. The number of anilines is 1. The zero-order valence-electron chi connectivity index (χ0n) is 9.63. The van der Waals surface area contributed by atoms with Crippen LogP contribution in [0.4, 0.5) is 5.69 Å². The van der Waals surface area contributed by atoms with Gasteiger partial charge in [-0.3, -0.25) is 4.79 Å². The van der Waals surface area contributed by atoms with E-state index in [1.54, 1.807) is 12.1 Å². The summed E-state index contributed by atoms with van der Waals surface area (Å²) >= 11 is 0. The first-order valence-electron chi connectivity index (χ1n) is 4.93. The highest BCUT2D eigenvalue weighted by Gasteiger charge is 1.94. The highest BCUT2D eigenvalue weighted by atomic mass is 16.5. The van der Waals surface area contributed by atoms with Gasteiger partial charge in [0.15, 0.2) is 0 Å². The lowest BCUT2D eigenvalue weighted by atomic mass is 10.3. The van der Waals surface area contributed by atoms with E-state index in [4.69, 9.17) is 4.11 Å². The lowest BCUT2D eigenvalue weighted by Gasteiger charge is -2.02. The normalized spacial score (nSPS) is 13.9. The fraction of sp³-hybridized carbons (Fsp3) is 0.222. The zero-order valence-corrected chi connectivity index (χ0v) is 6.63. The molecule has 0 saturated heterocycles. The molecule has 0 aliphatic carbocycles. The van der Waals surface area contributed by atoms with Crippen LogP contribution in [0.5, 0.6) is 5.75 Å². The van der Waals surface area contributed by atoms with E-state index in [0.29, 0.717) is 5.69 Å². The maximum Gasteiger partial charge on any atom is 0.221 e. The fourth-order valence-electron chi connectivity index (χ4n) is 0.810. The highest BCUT2D eigenvalue weighted by Crippen LogP contribution is 2.14. The Hall–Kier alpha value is -1.51. The summed E-state index contributed by atoms with van der Waals surface area (Å²) in [4.78, 5) is 10.7. The molecule has 3 nitrogen and oxygen atoms in total. The van der Waals surface area contributed by atoms with Gasteiger partial charge in [0.25, 0.3) is 0 Å². The van der Waals surface area contributed by atoms with E-state index in [2.05, 4.69) is 10.1 Å². The molecule has 0 unspecified atom stereocenters. The van der Waals surface area contributed by atoms with E-state index in [1.165, 1.54) is 19.1 Å². The quantitative estimate of drug-likeness (QED) is 0.729. The van der Waals surface area contributed by atoms with Crippen molar-refractivity contribution in [1.29, 1.82) is 0 Å². The number of methoxy groups -OCH3 is 1. The average Bonchev–Trinajstić information content (AvgIpc) is 2.05. The molecule has 1 amide bonds. The Kier molecular flexibility index (Phi) is 1.63. The summed E-state index contributed by atoms with van der Waals surface area (Å²) in [6.45, 7) is 1.40. The van der Waals surface area contributed by atoms with Crippen LogP contribution < -0.4 is 10.1 Å². The predicted molar refractivity (Wildman–Crippen MR) is 47.3 cm³/mol. The molecule has 0 radical (unpaired) electrons. The Morgan fingerprint density at radius 2 is 2.17 bits per heavy atom. The van der Waals surface area contributed by atoms with Gasteiger partial charge in [0.05, 0.1) is 11.2 Å². The summed E-state index contributed by atoms with van der Waals surface area (Å²) in [7, 11) is -2.45. The SMILES string of the molecule is [2H]C([2H])([2H])Oc1ccc(NC(C)=O)cc1. The number of amides is 1. The molecule has 1 aromatic rings. The lowest BCUT2D eigenvalue weighted by molar-refractivity contribution is -0.114. The Morgan fingerprint density at radius 3 is 2.67 bits per heavy atom. The fourth-order valence-corrected chi connectivity index (χ4v) is 0.810. The molecule has 0 aliphatic rings. The summed E-state index contributed by atoms with van der Waals surface area (Å²) in [5.74, 6) is 0.0589. The number of hydrogen-bond acceptors (Lipinski definition) is 2. The van der Waals surface area contributed by atoms with Gasteiger partial charge in [-0.05, 0) is 24.3 Å². The number of rotatable bonds is 2. The molecule has 0 saturated carbocycles. The van der Waals surface area contributed by atoms with E-state index in [-0.39, 0.29) is 11.7 Å². The van der Waals surface area contributed by atoms with Crippen molar-refractivity contribution < 1.29 is 13.6 Å². The third-order valence-electron chi connectivity index (χ3n) is 1.29. The van der Waals surface area contributed by atoms with Gasteiger partial charge in [0, 0.05) is 12.6 Å². The van der Waals surface area contributed by atoms with Gasteiger partial charge in [-0.15, -0.1) is 0 Å². The van der Waals surface area contributed by atoms with Crippen molar-refractivity contribution in [2.24, 2.45) is 0 Å². The van der Waals surface area contributed by atoms with Crippen LogP contribution in [0.25, 0.3) is 0 Å². The van der Waals surface area contributed by atoms with Gasteiger partial charge >= 0.3 is 0 Å². The highest BCUT2D eigenvalue weighted by molar-refractivity contribution is 5.88. The summed E-state index contributed by atoms with van der Waals surface area (Å²) in [5, 5.41) is 2.56. The van der Waals surface area contributed by atoms with Gasteiger partial charge in [-0.2, -0.15) is 0 Å². The Bertz CT molecular complexity index is 345. The number of ether oxygens (including phenoxy) is 1. The molecule has 0 heterocycles. The molecule has 1 N–H and O–H groups in total. The van der Waals surface area contributed by atoms with Crippen LogP contribution in [0.1, 0.15) is 11.0 Å². The molecule has 3 heteroatoms. The van der Waals surface area contributed by atoms with Crippen molar-refractivity contribution in [1.82, 2.24) is 0 Å². The Balaban J connectivity index is 2.68. The van der Waals surface area contributed by atoms with Crippen LogP contribution in [0, 0.1) is 0 Å². The second-order valence-corrected chi connectivity index (χ2v) is 2.31. The van der Waals surface area contributed by atoms with Crippen molar-refractivity contribution in [3.05, 3.63) is 24.3 Å². The minimum atomic E-state index is -2.45. The van der Waals surface area contributed by atoms with E-state index < -0.39 is 7.04 Å². The molecule has 0 aliphatic heterocycles. The maximum absolute atomic E-state index is 10.7. The summed E-state index contributed by atoms with van der Waals surface area (Å²) in [5.41, 5.74) is 0.598. The minimum Gasteiger partial charge on any atom is -0.497 e. The molecule has 0 aromatic heterocycles. The molecule has 1 aromatic carbocycles. The zero-order chi connectivity index (χ0) is 11.5. The molecular weight excluding hydrogens is 154 g/mol. The number of hydrogen-bond donors (Lipinski definition) is 1. The molecule has 0 fully saturated rings. The van der Waals surface area contributed by atoms with Crippen molar-refractivity contribution >= 4 is 11.6 Å². The van der Waals surface area contributed by atoms with E-state index in [0.717, 1.165) is 0 Å². The standard InChI is InChI=1S/C9H11NO2/c1-7(11)10-8-3-5-9(12-2)6-4-8/h3-6H,1-2H3,(H,10,11)/i2D3. The monoisotopic (exact) mass is 168 g/mol. The number of benzene rings is 1. The molecule has 0 spiro atoms. The van der Waals surface area contributed by atoms with Crippen LogP contribution in [-0.2, 0) is 4.79 Å². The Labute approximate surface area is 75.6 Å². The van der Waals surface area contributed by atoms with Gasteiger partial charge in [-0.25, -0.2) is 0 Å². The Morgan fingerprint density at radius 1 is 1.50 bits per heavy atom. The third kappa shape index (κ3) is 2.27. The smallest absolute Gasteiger partial charge is 0.221 e. The van der Waals surface area contributed by atoms with Crippen LogP contribution in [0.2, 0.25) is 0 Å². The van der Waals surface area contributed by atoms with Crippen LogP contribution in [-0.4, -0.2) is 12.9 Å². The molecule has 0 bridgehead atoms.